The van der Waals surface area contributed by atoms with Crippen molar-refractivity contribution in [1.29, 1.82) is 0 Å². The van der Waals surface area contributed by atoms with Crippen molar-refractivity contribution in [2.24, 2.45) is 0 Å². The van der Waals surface area contributed by atoms with Gasteiger partial charge in [0.25, 0.3) is 0 Å². The number of alkyl halides is 3. The SMILES string of the molecule is CN(C)CCOc1cc(-c2cn[nH]c2)c(F)cc1NC(=O)[C@H]1Cc2ccccc2CN1C.O=C(O)C(F)(F)F. The van der Waals surface area contributed by atoms with Gasteiger partial charge in [0, 0.05) is 36.5 Å². The van der Waals surface area contributed by atoms with E-state index in [0.29, 0.717) is 48.7 Å². The third-order valence-corrected chi connectivity index (χ3v) is 5.96. The second kappa shape index (κ2) is 12.7. The van der Waals surface area contributed by atoms with Crippen LogP contribution in [0.1, 0.15) is 11.1 Å². The fourth-order valence-corrected chi connectivity index (χ4v) is 3.89. The molecule has 3 N–H and O–H groups in total. The van der Waals surface area contributed by atoms with Crippen molar-refractivity contribution in [1.82, 2.24) is 20.0 Å². The van der Waals surface area contributed by atoms with Crippen LogP contribution in [-0.4, -0.2) is 83.5 Å². The molecule has 13 heteroatoms. The molecule has 1 atom stereocenters. The number of nitrogens with one attached hydrogen (secondary N) is 2. The lowest BCUT2D eigenvalue weighted by Crippen LogP contribution is -2.45. The number of fused-ring (bicyclic) bond motifs is 1. The number of rotatable bonds is 7. The maximum absolute atomic E-state index is 14.9. The quantitative estimate of drug-likeness (QED) is 0.384. The Labute approximate surface area is 222 Å². The minimum Gasteiger partial charge on any atom is -0.490 e. The zero-order valence-electron chi connectivity index (χ0n) is 21.6. The predicted molar refractivity (Wildman–Crippen MR) is 136 cm³/mol. The van der Waals surface area contributed by atoms with Gasteiger partial charge in [0.05, 0.1) is 17.9 Å². The molecular formula is C26H29F4N5O4. The van der Waals surface area contributed by atoms with Crippen molar-refractivity contribution in [2.75, 3.05) is 39.6 Å². The topological polar surface area (TPSA) is 111 Å². The number of amides is 1. The van der Waals surface area contributed by atoms with Crippen LogP contribution in [0.5, 0.6) is 5.75 Å². The molecule has 0 radical (unpaired) electrons. The van der Waals surface area contributed by atoms with Gasteiger partial charge < -0.3 is 20.1 Å². The molecule has 3 aromatic rings. The molecule has 1 amide bonds. The number of anilines is 1. The third-order valence-electron chi connectivity index (χ3n) is 5.96. The van der Waals surface area contributed by atoms with Gasteiger partial charge in [0.1, 0.15) is 18.2 Å². The summed E-state index contributed by atoms with van der Waals surface area (Å²) in [6, 6.07) is 10.7. The standard InChI is InChI=1S/C24H28FN5O2.C2HF3O2/c1-29(2)8-9-32-23-11-19(18-13-26-27-14-18)20(25)12-21(23)28-24(31)22-10-16-6-4-5-7-17(16)15-30(22)3;3-2(4,5)1(6)7/h4-7,11-14,22H,8-10,15H2,1-3H3,(H,26,27)(H,28,31);(H,6,7)/t22-;/m1./s1. The maximum Gasteiger partial charge on any atom is 0.490 e. The number of halogens is 4. The molecule has 1 aliphatic heterocycles. The van der Waals surface area contributed by atoms with E-state index in [1.54, 1.807) is 18.5 Å². The number of H-pyrrole nitrogens is 1. The molecule has 2 heterocycles. The number of aromatic amines is 1. The fourth-order valence-electron chi connectivity index (χ4n) is 3.89. The van der Waals surface area contributed by atoms with Crippen LogP contribution in [0.25, 0.3) is 11.1 Å². The van der Waals surface area contributed by atoms with Crippen molar-refractivity contribution in [3.63, 3.8) is 0 Å². The number of carboxylic acid groups (broad SMARTS) is 1. The van der Waals surface area contributed by atoms with Crippen LogP contribution >= 0.6 is 0 Å². The largest absolute Gasteiger partial charge is 0.490 e. The first kappa shape index (κ1) is 29.6. The summed E-state index contributed by atoms with van der Waals surface area (Å²) < 4.78 is 52.6. The number of aromatic nitrogens is 2. The molecular weight excluding hydrogens is 522 g/mol. The third kappa shape index (κ3) is 8.01. The Kier molecular flexibility index (Phi) is 9.65. The van der Waals surface area contributed by atoms with E-state index < -0.39 is 18.0 Å². The molecule has 4 rings (SSSR count). The van der Waals surface area contributed by atoms with Crippen molar-refractivity contribution in [2.45, 2.75) is 25.2 Å². The van der Waals surface area contributed by atoms with Gasteiger partial charge in [-0.1, -0.05) is 24.3 Å². The summed E-state index contributed by atoms with van der Waals surface area (Å²) in [4.78, 5) is 26.1. The Balaban J connectivity index is 0.000000532. The fraction of sp³-hybridized carbons (Fsp3) is 0.346. The van der Waals surface area contributed by atoms with E-state index in [1.165, 1.54) is 11.6 Å². The summed E-state index contributed by atoms with van der Waals surface area (Å²) in [6.45, 7) is 1.78. The smallest absolute Gasteiger partial charge is 0.490 e. The van der Waals surface area contributed by atoms with E-state index in [1.807, 2.05) is 43.1 Å². The van der Waals surface area contributed by atoms with Crippen molar-refractivity contribution in [3.8, 4) is 16.9 Å². The number of aliphatic carboxylic acids is 1. The van der Waals surface area contributed by atoms with E-state index in [4.69, 9.17) is 14.6 Å². The highest BCUT2D eigenvalue weighted by atomic mass is 19.4. The highest BCUT2D eigenvalue weighted by Gasteiger charge is 2.38. The summed E-state index contributed by atoms with van der Waals surface area (Å²) in [6.07, 6.45) is -1.31. The van der Waals surface area contributed by atoms with Crippen LogP contribution in [-0.2, 0) is 22.6 Å². The van der Waals surface area contributed by atoms with E-state index in [0.717, 1.165) is 5.56 Å². The molecule has 1 aliphatic rings. The van der Waals surface area contributed by atoms with E-state index in [-0.39, 0.29) is 11.9 Å². The molecule has 0 saturated heterocycles. The number of carbonyl (C=O) groups excluding carboxylic acids is 1. The number of carboxylic acids is 1. The van der Waals surface area contributed by atoms with Gasteiger partial charge in [0.2, 0.25) is 5.91 Å². The van der Waals surface area contributed by atoms with Gasteiger partial charge in [-0.05, 0) is 44.8 Å². The van der Waals surface area contributed by atoms with Gasteiger partial charge in [-0.2, -0.15) is 18.3 Å². The molecule has 1 aromatic heterocycles. The Morgan fingerprint density at radius 1 is 1.23 bits per heavy atom. The average molecular weight is 552 g/mol. The Morgan fingerprint density at radius 2 is 1.90 bits per heavy atom. The van der Waals surface area contributed by atoms with Gasteiger partial charge in [0.15, 0.2) is 0 Å². The van der Waals surface area contributed by atoms with E-state index >= 15 is 0 Å². The summed E-state index contributed by atoms with van der Waals surface area (Å²) in [5.74, 6) is -2.97. The second-order valence-corrected chi connectivity index (χ2v) is 9.16. The number of hydrogen-bond acceptors (Lipinski definition) is 6. The molecule has 2 aromatic carbocycles. The molecule has 0 unspecified atom stereocenters. The summed E-state index contributed by atoms with van der Waals surface area (Å²) >= 11 is 0. The minimum atomic E-state index is -5.08. The maximum atomic E-state index is 14.9. The minimum absolute atomic E-state index is 0.185. The zero-order valence-corrected chi connectivity index (χ0v) is 21.6. The Hall–Kier alpha value is -3.97. The Bertz CT molecular complexity index is 1280. The highest BCUT2D eigenvalue weighted by molar-refractivity contribution is 5.97. The highest BCUT2D eigenvalue weighted by Crippen LogP contribution is 2.34. The van der Waals surface area contributed by atoms with Gasteiger partial charge >= 0.3 is 12.1 Å². The van der Waals surface area contributed by atoms with Crippen LogP contribution in [0.3, 0.4) is 0 Å². The molecule has 0 saturated carbocycles. The molecule has 0 spiro atoms. The normalized spacial score (nSPS) is 15.2. The molecule has 9 nitrogen and oxygen atoms in total. The van der Waals surface area contributed by atoms with Gasteiger partial charge in [-0.3, -0.25) is 14.8 Å². The van der Waals surface area contributed by atoms with Crippen molar-refractivity contribution >= 4 is 17.6 Å². The van der Waals surface area contributed by atoms with Gasteiger partial charge in [-0.25, -0.2) is 9.18 Å². The first-order valence-electron chi connectivity index (χ1n) is 11.8. The summed E-state index contributed by atoms with van der Waals surface area (Å²) in [5, 5.41) is 16.6. The molecule has 0 bridgehead atoms. The van der Waals surface area contributed by atoms with Gasteiger partial charge in [-0.15, -0.1) is 0 Å². The van der Waals surface area contributed by atoms with Crippen molar-refractivity contribution < 1.29 is 37.0 Å². The molecule has 210 valence electrons. The number of ether oxygens (including phenoxy) is 1. The first-order chi connectivity index (χ1) is 18.4. The average Bonchev–Trinajstić information content (AvgIpc) is 3.39. The van der Waals surface area contributed by atoms with E-state index in [9.17, 15) is 22.4 Å². The molecule has 39 heavy (non-hydrogen) atoms. The van der Waals surface area contributed by atoms with Crippen molar-refractivity contribution in [3.05, 3.63) is 65.7 Å². The number of likely N-dealkylation sites (N-methyl/N-ethyl adjacent to an activating group) is 2. The number of carbonyl (C=O) groups is 2. The lowest BCUT2D eigenvalue weighted by Gasteiger charge is -2.33. The van der Waals surface area contributed by atoms with Crippen LogP contribution in [0.15, 0.2) is 48.8 Å². The summed E-state index contributed by atoms with van der Waals surface area (Å²) in [7, 11) is 5.83. The van der Waals surface area contributed by atoms with Crippen LogP contribution in [0, 0.1) is 5.82 Å². The lowest BCUT2D eigenvalue weighted by molar-refractivity contribution is -0.192. The summed E-state index contributed by atoms with van der Waals surface area (Å²) in [5.41, 5.74) is 3.68. The number of hydrogen-bond donors (Lipinski definition) is 3. The Morgan fingerprint density at radius 3 is 2.49 bits per heavy atom. The molecule has 0 fully saturated rings. The lowest BCUT2D eigenvalue weighted by atomic mass is 9.94. The zero-order chi connectivity index (χ0) is 28.7. The van der Waals surface area contributed by atoms with Crippen LogP contribution in [0.2, 0.25) is 0 Å². The first-order valence-corrected chi connectivity index (χ1v) is 11.8. The second-order valence-electron chi connectivity index (χ2n) is 9.16. The van der Waals surface area contributed by atoms with Crippen LogP contribution < -0.4 is 10.1 Å². The molecule has 0 aliphatic carbocycles. The monoisotopic (exact) mass is 551 g/mol. The van der Waals surface area contributed by atoms with Crippen LogP contribution in [0.4, 0.5) is 23.2 Å². The number of benzene rings is 2. The predicted octanol–water partition coefficient (Wildman–Crippen LogP) is 3.78. The van der Waals surface area contributed by atoms with E-state index in [2.05, 4.69) is 27.6 Å². The number of nitrogens with zero attached hydrogens (tertiary/aromatic N) is 3.